The van der Waals surface area contributed by atoms with Crippen LogP contribution in [0.5, 0.6) is 0 Å². The first-order chi connectivity index (χ1) is 8.09. The third-order valence-electron chi connectivity index (χ3n) is 4.02. The number of hydrogen-bond donors (Lipinski definition) is 1. The Labute approximate surface area is 104 Å². The zero-order valence-electron chi connectivity index (χ0n) is 11.1. The van der Waals surface area contributed by atoms with Crippen molar-refractivity contribution in [3.63, 3.8) is 0 Å². The molecule has 0 aromatic heterocycles. The fourth-order valence-corrected chi connectivity index (χ4v) is 2.67. The molecule has 1 atom stereocenters. The second-order valence-electron chi connectivity index (χ2n) is 5.27. The van der Waals surface area contributed by atoms with Crippen molar-refractivity contribution in [1.29, 1.82) is 0 Å². The molecule has 1 unspecified atom stereocenters. The highest BCUT2D eigenvalue weighted by atomic mass is 16.5. The van der Waals surface area contributed by atoms with Crippen molar-refractivity contribution in [3.05, 3.63) is 34.4 Å². The fourth-order valence-electron chi connectivity index (χ4n) is 2.67. The topological polar surface area (TPSA) is 35.2 Å². The molecule has 0 amide bonds. The Morgan fingerprint density at radius 1 is 1.06 bits per heavy atom. The first-order valence-electron chi connectivity index (χ1n) is 6.50. The minimum Gasteiger partial charge on any atom is -0.381 e. The molecule has 2 heteroatoms. The number of aryl methyl sites for hydroxylation is 3. The molecule has 1 aromatic rings. The lowest BCUT2D eigenvalue weighted by Gasteiger charge is -2.29. The van der Waals surface area contributed by atoms with Crippen LogP contribution >= 0.6 is 0 Å². The van der Waals surface area contributed by atoms with E-state index in [2.05, 4.69) is 32.9 Å². The first-order valence-corrected chi connectivity index (χ1v) is 6.50. The minimum absolute atomic E-state index is 0.165. The zero-order chi connectivity index (χ0) is 12.4. The second kappa shape index (κ2) is 5.19. The second-order valence-corrected chi connectivity index (χ2v) is 5.27. The average molecular weight is 233 g/mol. The number of rotatable bonds is 2. The van der Waals surface area contributed by atoms with Gasteiger partial charge in [-0.1, -0.05) is 12.1 Å². The average Bonchev–Trinajstić information content (AvgIpc) is 2.34. The van der Waals surface area contributed by atoms with E-state index in [-0.39, 0.29) is 6.04 Å². The maximum Gasteiger partial charge on any atom is 0.0469 e. The SMILES string of the molecule is Cc1cc(C)c(C(N)C2CCOCC2)cc1C. The predicted octanol–water partition coefficient (Wildman–Crippen LogP) is 3.04. The van der Waals surface area contributed by atoms with E-state index in [0.717, 1.165) is 26.1 Å². The molecule has 2 nitrogen and oxygen atoms in total. The summed E-state index contributed by atoms with van der Waals surface area (Å²) in [6.45, 7) is 8.21. The Balaban J connectivity index is 2.23. The van der Waals surface area contributed by atoms with Gasteiger partial charge in [0.15, 0.2) is 0 Å². The van der Waals surface area contributed by atoms with E-state index in [0.29, 0.717) is 5.92 Å². The lowest BCUT2D eigenvalue weighted by atomic mass is 9.84. The van der Waals surface area contributed by atoms with Crippen molar-refractivity contribution >= 4 is 0 Å². The number of nitrogens with two attached hydrogens (primary N) is 1. The van der Waals surface area contributed by atoms with Gasteiger partial charge in [0.05, 0.1) is 0 Å². The molecular formula is C15H23NO. The number of ether oxygens (including phenoxy) is 1. The van der Waals surface area contributed by atoms with E-state index in [1.807, 2.05) is 0 Å². The van der Waals surface area contributed by atoms with Crippen molar-refractivity contribution < 1.29 is 4.74 Å². The van der Waals surface area contributed by atoms with Gasteiger partial charge in [0.2, 0.25) is 0 Å². The quantitative estimate of drug-likeness (QED) is 0.852. The van der Waals surface area contributed by atoms with Gasteiger partial charge in [-0.25, -0.2) is 0 Å². The summed E-state index contributed by atoms with van der Waals surface area (Å²) in [6.07, 6.45) is 2.18. The van der Waals surface area contributed by atoms with Crippen LogP contribution in [0.2, 0.25) is 0 Å². The van der Waals surface area contributed by atoms with Gasteiger partial charge >= 0.3 is 0 Å². The van der Waals surface area contributed by atoms with Gasteiger partial charge in [-0.05, 0) is 61.8 Å². The molecule has 1 fully saturated rings. The summed E-state index contributed by atoms with van der Waals surface area (Å²) < 4.78 is 5.40. The zero-order valence-corrected chi connectivity index (χ0v) is 11.1. The highest BCUT2D eigenvalue weighted by Gasteiger charge is 2.23. The van der Waals surface area contributed by atoms with Crippen LogP contribution in [0.1, 0.15) is 41.1 Å². The Bertz CT molecular complexity index is 394. The maximum absolute atomic E-state index is 6.43. The predicted molar refractivity (Wildman–Crippen MR) is 71.1 cm³/mol. The summed E-state index contributed by atoms with van der Waals surface area (Å²) in [5.41, 5.74) is 11.8. The summed E-state index contributed by atoms with van der Waals surface area (Å²) >= 11 is 0. The van der Waals surface area contributed by atoms with Gasteiger partial charge in [-0.3, -0.25) is 0 Å². The molecule has 0 spiro atoms. The first kappa shape index (κ1) is 12.6. The molecular weight excluding hydrogens is 210 g/mol. The Hall–Kier alpha value is -0.860. The molecule has 1 aliphatic rings. The molecule has 0 bridgehead atoms. The van der Waals surface area contributed by atoms with Crippen LogP contribution in [0.25, 0.3) is 0 Å². The van der Waals surface area contributed by atoms with Crippen LogP contribution in [0.15, 0.2) is 12.1 Å². The highest BCUT2D eigenvalue weighted by molar-refractivity contribution is 5.38. The molecule has 1 aliphatic heterocycles. The van der Waals surface area contributed by atoms with E-state index in [1.54, 1.807) is 0 Å². The van der Waals surface area contributed by atoms with E-state index in [9.17, 15) is 0 Å². The molecule has 1 heterocycles. The van der Waals surface area contributed by atoms with Crippen molar-refractivity contribution in [2.75, 3.05) is 13.2 Å². The Morgan fingerprint density at radius 3 is 2.29 bits per heavy atom. The largest absolute Gasteiger partial charge is 0.381 e. The Kier molecular flexibility index (Phi) is 3.85. The van der Waals surface area contributed by atoms with Crippen molar-refractivity contribution in [2.24, 2.45) is 11.7 Å². The van der Waals surface area contributed by atoms with E-state index < -0.39 is 0 Å². The lowest BCUT2D eigenvalue weighted by Crippen LogP contribution is -2.28. The van der Waals surface area contributed by atoms with Gasteiger partial charge in [-0.15, -0.1) is 0 Å². The number of hydrogen-bond acceptors (Lipinski definition) is 2. The van der Waals surface area contributed by atoms with Crippen molar-refractivity contribution in [2.45, 2.75) is 39.7 Å². The van der Waals surface area contributed by atoms with Gasteiger partial charge in [-0.2, -0.15) is 0 Å². The summed E-state index contributed by atoms with van der Waals surface area (Å²) in [6, 6.07) is 4.69. The van der Waals surface area contributed by atoms with Gasteiger partial charge in [0, 0.05) is 19.3 Å². The number of benzene rings is 1. The molecule has 0 saturated carbocycles. The molecule has 17 heavy (non-hydrogen) atoms. The molecule has 1 aromatic carbocycles. The van der Waals surface area contributed by atoms with Gasteiger partial charge in [0.1, 0.15) is 0 Å². The lowest BCUT2D eigenvalue weighted by molar-refractivity contribution is 0.0583. The molecule has 2 rings (SSSR count). The summed E-state index contributed by atoms with van der Waals surface area (Å²) in [5.74, 6) is 0.574. The van der Waals surface area contributed by atoms with Crippen molar-refractivity contribution in [3.8, 4) is 0 Å². The van der Waals surface area contributed by atoms with Crippen LogP contribution in [0, 0.1) is 26.7 Å². The molecule has 94 valence electrons. The summed E-state index contributed by atoms with van der Waals surface area (Å²) in [4.78, 5) is 0. The van der Waals surface area contributed by atoms with E-state index in [4.69, 9.17) is 10.5 Å². The smallest absolute Gasteiger partial charge is 0.0469 e. The normalized spacial score (nSPS) is 19.3. The van der Waals surface area contributed by atoms with E-state index >= 15 is 0 Å². The molecule has 2 N–H and O–H groups in total. The van der Waals surface area contributed by atoms with Crippen LogP contribution in [0.3, 0.4) is 0 Å². The highest BCUT2D eigenvalue weighted by Crippen LogP contribution is 2.31. The maximum atomic E-state index is 6.43. The van der Waals surface area contributed by atoms with Crippen LogP contribution in [0.4, 0.5) is 0 Å². The molecule has 1 saturated heterocycles. The Morgan fingerprint density at radius 2 is 1.65 bits per heavy atom. The fraction of sp³-hybridized carbons (Fsp3) is 0.600. The molecule has 0 aliphatic carbocycles. The minimum atomic E-state index is 0.165. The van der Waals surface area contributed by atoms with Crippen LogP contribution in [-0.2, 0) is 4.74 Å². The van der Waals surface area contributed by atoms with Crippen LogP contribution in [-0.4, -0.2) is 13.2 Å². The molecule has 0 radical (unpaired) electrons. The monoisotopic (exact) mass is 233 g/mol. The van der Waals surface area contributed by atoms with Crippen molar-refractivity contribution in [1.82, 2.24) is 0 Å². The summed E-state index contributed by atoms with van der Waals surface area (Å²) in [7, 11) is 0. The van der Waals surface area contributed by atoms with Gasteiger partial charge in [0.25, 0.3) is 0 Å². The van der Waals surface area contributed by atoms with E-state index in [1.165, 1.54) is 22.3 Å². The third-order valence-corrected chi connectivity index (χ3v) is 4.02. The summed E-state index contributed by atoms with van der Waals surface area (Å²) in [5, 5.41) is 0. The standard InChI is InChI=1S/C15H23NO/c1-10-8-12(3)14(9-11(10)2)15(16)13-4-6-17-7-5-13/h8-9,13,15H,4-7,16H2,1-3H3. The third kappa shape index (κ3) is 2.70. The van der Waals surface area contributed by atoms with Gasteiger partial charge < -0.3 is 10.5 Å². The van der Waals surface area contributed by atoms with Crippen LogP contribution < -0.4 is 5.73 Å².